The summed E-state index contributed by atoms with van der Waals surface area (Å²) in [6.45, 7) is 4.91. The Bertz CT molecular complexity index is 840. The number of aromatic nitrogens is 1. The van der Waals surface area contributed by atoms with Crippen LogP contribution < -0.4 is 25.4 Å². The van der Waals surface area contributed by atoms with Gasteiger partial charge in [0.1, 0.15) is 11.5 Å². The maximum atomic E-state index is 11.9. The zero-order chi connectivity index (χ0) is 22.1. The topological polar surface area (TPSA) is 84.5 Å². The highest BCUT2D eigenvalue weighted by atomic mass is 16.5. The first kappa shape index (κ1) is 23.0. The number of ether oxygens (including phenoxy) is 2. The van der Waals surface area contributed by atoms with Gasteiger partial charge in [-0.3, -0.25) is 9.78 Å². The van der Waals surface area contributed by atoms with Crippen LogP contribution >= 0.6 is 0 Å². The molecule has 2 heterocycles. The number of rotatable bonds is 10. The number of pyridine rings is 1. The van der Waals surface area contributed by atoms with Gasteiger partial charge in [0, 0.05) is 37.5 Å². The first-order valence-electron chi connectivity index (χ1n) is 10.9. The number of hydrogen-bond acceptors (Lipinski definition) is 6. The van der Waals surface area contributed by atoms with Crippen LogP contribution in [0.1, 0.15) is 37.3 Å². The molecule has 3 N–H and O–H groups in total. The Balaban J connectivity index is 2.00. The lowest BCUT2D eigenvalue weighted by atomic mass is 9.81. The summed E-state index contributed by atoms with van der Waals surface area (Å²) < 4.78 is 11.2. The van der Waals surface area contributed by atoms with E-state index in [1.165, 1.54) is 19.8 Å². The number of methoxy groups -OCH3 is 2. The summed E-state index contributed by atoms with van der Waals surface area (Å²) in [5.41, 5.74) is 1.30. The largest absolute Gasteiger partial charge is 0.497 e. The highest BCUT2D eigenvalue weighted by Crippen LogP contribution is 2.37. The van der Waals surface area contributed by atoms with Gasteiger partial charge in [-0.15, -0.1) is 0 Å². The molecule has 1 aliphatic heterocycles. The molecule has 0 radical (unpaired) electrons. The number of hydrogen-bond donors (Lipinski definition) is 3. The molecule has 1 aromatic carbocycles. The van der Waals surface area contributed by atoms with E-state index in [-0.39, 0.29) is 5.91 Å². The molecule has 168 valence electrons. The Morgan fingerprint density at radius 1 is 1.16 bits per heavy atom. The molecule has 0 saturated carbocycles. The first-order valence-corrected chi connectivity index (χ1v) is 10.9. The van der Waals surface area contributed by atoms with Crippen LogP contribution in [0.3, 0.4) is 0 Å². The molecule has 31 heavy (non-hydrogen) atoms. The van der Waals surface area contributed by atoms with E-state index in [2.05, 4.69) is 20.9 Å². The Morgan fingerprint density at radius 2 is 1.90 bits per heavy atom. The van der Waals surface area contributed by atoms with Crippen molar-refractivity contribution in [2.24, 2.45) is 5.92 Å². The SMILES string of the molecule is COc1ccc(C(CNC(C)=O)(NCCC2CCNCC2)c2ccncc2)c(OC)c1. The van der Waals surface area contributed by atoms with E-state index in [1.54, 1.807) is 26.6 Å². The molecule has 7 nitrogen and oxygen atoms in total. The van der Waals surface area contributed by atoms with Crippen LogP contribution in [-0.4, -0.2) is 51.3 Å². The van der Waals surface area contributed by atoms with E-state index in [0.29, 0.717) is 18.2 Å². The lowest BCUT2D eigenvalue weighted by Crippen LogP contribution is -2.52. The van der Waals surface area contributed by atoms with Crippen molar-refractivity contribution in [3.63, 3.8) is 0 Å². The third-order valence-electron chi connectivity index (χ3n) is 6.08. The summed E-state index contributed by atoms with van der Waals surface area (Å²) in [7, 11) is 3.29. The van der Waals surface area contributed by atoms with Crippen LogP contribution in [-0.2, 0) is 10.3 Å². The fourth-order valence-electron chi connectivity index (χ4n) is 4.32. The molecule has 1 saturated heterocycles. The van der Waals surface area contributed by atoms with Crippen molar-refractivity contribution in [1.82, 2.24) is 20.9 Å². The number of carbonyl (C=O) groups excluding carboxylic acids is 1. The molecular weight excluding hydrogens is 392 g/mol. The van der Waals surface area contributed by atoms with Gasteiger partial charge in [-0.05, 0) is 74.6 Å². The minimum atomic E-state index is -0.668. The molecule has 1 aliphatic rings. The molecule has 1 amide bonds. The molecule has 2 aromatic rings. The lowest BCUT2D eigenvalue weighted by Gasteiger charge is -2.38. The number of carbonyl (C=O) groups is 1. The smallest absolute Gasteiger partial charge is 0.216 e. The van der Waals surface area contributed by atoms with Crippen LogP contribution in [0, 0.1) is 5.92 Å². The Kier molecular flexibility index (Phi) is 8.26. The van der Waals surface area contributed by atoms with Gasteiger partial charge in [-0.25, -0.2) is 0 Å². The predicted molar refractivity (Wildman–Crippen MR) is 121 cm³/mol. The third kappa shape index (κ3) is 5.74. The fraction of sp³-hybridized carbons (Fsp3) is 0.500. The Hall–Kier alpha value is -2.64. The minimum absolute atomic E-state index is 0.0777. The number of nitrogens with zero attached hydrogens (tertiary/aromatic N) is 1. The van der Waals surface area contributed by atoms with Crippen LogP contribution in [0.15, 0.2) is 42.7 Å². The summed E-state index contributed by atoms with van der Waals surface area (Å²) >= 11 is 0. The normalized spacial score (nSPS) is 16.4. The van der Waals surface area contributed by atoms with E-state index < -0.39 is 5.54 Å². The lowest BCUT2D eigenvalue weighted by molar-refractivity contribution is -0.119. The monoisotopic (exact) mass is 426 g/mol. The zero-order valence-electron chi connectivity index (χ0n) is 18.7. The van der Waals surface area contributed by atoms with Gasteiger partial charge < -0.3 is 25.4 Å². The third-order valence-corrected chi connectivity index (χ3v) is 6.08. The molecule has 0 spiro atoms. The molecule has 1 atom stereocenters. The molecule has 1 unspecified atom stereocenters. The molecule has 1 fully saturated rings. The molecule has 3 rings (SSSR count). The summed E-state index contributed by atoms with van der Waals surface area (Å²) in [5, 5.41) is 10.3. The van der Waals surface area contributed by atoms with Gasteiger partial charge >= 0.3 is 0 Å². The average Bonchev–Trinajstić information content (AvgIpc) is 2.82. The summed E-state index contributed by atoms with van der Waals surface area (Å²) in [6, 6.07) is 9.80. The van der Waals surface area contributed by atoms with Crippen LogP contribution in [0.2, 0.25) is 0 Å². The standard InChI is InChI=1S/C24H34N4O3/c1-18(29)27-17-24(20-9-13-26-14-10-20,28-15-8-19-6-11-25-12-7-19)22-5-4-21(30-2)16-23(22)31-3/h4-5,9-10,13-14,16,19,25,28H,6-8,11-12,15,17H2,1-3H3,(H,27,29). The van der Waals surface area contributed by atoms with Crippen molar-refractivity contribution >= 4 is 5.91 Å². The van der Waals surface area contributed by atoms with Gasteiger partial charge in [0.25, 0.3) is 0 Å². The van der Waals surface area contributed by atoms with Crippen LogP contribution in [0.4, 0.5) is 0 Å². The van der Waals surface area contributed by atoms with Crippen molar-refractivity contribution in [1.29, 1.82) is 0 Å². The number of piperidine rings is 1. The highest BCUT2D eigenvalue weighted by Gasteiger charge is 2.37. The van der Waals surface area contributed by atoms with E-state index in [9.17, 15) is 4.79 Å². The van der Waals surface area contributed by atoms with Crippen LogP contribution in [0.25, 0.3) is 0 Å². The number of nitrogens with one attached hydrogen (secondary N) is 3. The second kappa shape index (κ2) is 11.1. The van der Waals surface area contributed by atoms with Crippen LogP contribution in [0.5, 0.6) is 11.5 Å². The second-order valence-electron chi connectivity index (χ2n) is 8.03. The average molecular weight is 427 g/mol. The van der Waals surface area contributed by atoms with Gasteiger partial charge in [0.2, 0.25) is 5.91 Å². The fourth-order valence-corrected chi connectivity index (χ4v) is 4.32. The van der Waals surface area contributed by atoms with Crippen molar-refractivity contribution < 1.29 is 14.3 Å². The quantitative estimate of drug-likeness (QED) is 0.541. The maximum absolute atomic E-state index is 11.9. The predicted octanol–water partition coefficient (Wildman–Crippen LogP) is 2.46. The van der Waals surface area contributed by atoms with E-state index in [1.807, 2.05) is 30.3 Å². The van der Waals surface area contributed by atoms with Crippen molar-refractivity contribution in [2.75, 3.05) is 40.4 Å². The summed E-state index contributed by atoms with van der Waals surface area (Å²) in [6.07, 6.45) is 7.03. The Morgan fingerprint density at radius 3 is 2.55 bits per heavy atom. The van der Waals surface area contributed by atoms with Gasteiger partial charge in [0.05, 0.1) is 19.8 Å². The van der Waals surface area contributed by atoms with Crippen molar-refractivity contribution in [3.8, 4) is 11.5 Å². The van der Waals surface area contributed by atoms with Crippen molar-refractivity contribution in [2.45, 2.75) is 31.7 Å². The minimum Gasteiger partial charge on any atom is -0.497 e. The van der Waals surface area contributed by atoms with E-state index >= 15 is 0 Å². The molecule has 0 aliphatic carbocycles. The highest BCUT2D eigenvalue weighted by molar-refractivity contribution is 5.73. The Labute approximate surface area is 184 Å². The van der Waals surface area contributed by atoms with E-state index in [0.717, 1.165) is 42.9 Å². The molecule has 0 bridgehead atoms. The molecular formula is C24H34N4O3. The number of benzene rings is 1. The maximum Gasteiger partial charge on any atom is 0.216 e. The molecule has 1 aromatic heterocycles. The van der Waals surface area contributed by atoms with Gasteiger partial charge in [-0.1, -0.05) is 0 Å². The zero-order valence-corrected chi connectivity index (χ0v) is 18.7. The van der Waals surface area contributed by atoms with Gasteiger partial charge in [0.15, 0.2) is 0 Å². The summed E-state index contributed by atoms with van der Waals surface area (Å²) in [4.78, 5) is 16.1. The van der Waals surface area contributed by atoms with Crippen molar-refractivity contribution in [3.05, 3.63) is 53.9 Å². The summed E-state index contributed by atoms with van der Waals surface area (Å²) in [5.74, 6) is 2.04. The molecule has 7 heteroatoms. The van der Waals surface area contributed by atoms with Gasteiger partial charge in [-0.2, -0.15) is 0 Å². The second-order valence-corrected chi connectivity index (χ2v) is 8.03. The first-order chi connectivity index (χ1) is 15.1. The van der Waals surface area contributed by atoms with E-state index in [4.69, 9.17) is 9.47 Å². The number of amides is 1.